The summed E-state index contributed by atoms with van der Waals surface area (Å²) in [6.07, 6.45) is 7.01. The Kier molecular flexibility index (Phi) is 36.4. The van der Waals surface area contributed by atoms with Gasteiger partial charge in [-0.05, 0) is 284 Å². The summed E-state index contributed by atoms with van der Waals surface area (Å²) >= 11 is 4.39. The van der Waals surface area contributed by atoms with E-state index >= 15 is 0 Å². The summed E-state index contributed by atoms with van der Waals surface area (Å²) in [7, 11) is -14.7. The van der Waals surface area contributed by atoms with Crippen molar-refractivity contribution >= 4 is 145 Å². The highest BCUT2D eigenvalue weighted by molar-refractivity contribution is 9.10. The number of nitrogens with one attached hydrogen (secondary N) is 8. The van der Waals surface area contributed by atoms with Crippen LogP contribution >= 0.6 is 27.3 Å². The van der Waals surface area contributed by atoms with Gasteiger partial charge in [-0.2, -0.15) is 29.8 Å². The van der Waals surface area contributed by atoms with Crippen LogP contribution in [0, 0.1) is 34.6 Å². The number of aryl methyl sites for hydroxylation is 5. The number of carbonyl (C=O) groups is 5. The second-order valence-corrected chi connectivity index (χ2v) is 36.7. The molecule has 0 radical (unpaired) electrons. The molecule has 5 amide bonds. The van der Waals surface area contributed by atoms with Crippen LogP contribution in [0.5, 0.6) is 17.2 Å². The molecular formula is C93H89BrN14O20S5. The largest absolute Gasteiger partial charge is 0.494 e. The van der Waals surface area contributed by atoms with Gasteiger partial charge in [0.25, 0.3) is 59.6 Å². The highest BCUT2D eigenvalue weighted by Crippen LogP contribution is 2.27. The molecule has 0 atom stereocenters. The summed E-state index contributed by atoms with van der Waals surface area (Å²) in [4.78, 5) is 60.9. The van der Waals surface area contributed by atoms with E-state index in [1.165, 1.54) is 163 Å². The predicted molar refractivity (Wildman–Crippen MR) is 510 cm³/mol. The molecule has 14 rings (SSSR count). The summed E-state index contributed by atoms with van der Waals surface area (Å²) in [6.45, 7) is 15.7. The van der Waals surface area contributed by atoms with Crippen LogP contribution in [0.15, 0.2) is 349 Å². The van der Waals surface area contributed by atoms with Gasteiger partial charge in [-0.15, -0.1) is 11.3 Å². The topological polar surface area (TPSA) is 467 Å². The molecule has 0 aliphatic rings. The van der Waals surface area contributed by atoms with Crippen LogP contribution in [0.25, 0.3) is 0 Å². The lowest BCUT2D eigenvalue weighted by Crippen LogP contribution is -2.30. The van der Waals surface area contributed by atoms with Gasteiger partial charge in [0.05, 0.1) is 52.4 Å². The number of sulfonamides is 4. The number of thiophene rings is 1. The normalized spacial score (nSPS) is 11.4. The maximum atomic E-state index is 12.5. The monoisotopic (exact) mass is 1960 g/mol. The zero-order valence-electron chi connectivity index (χ0n) is 72.3. The number of ether oxygens (including phenoxy) is 2. The third-order valence-electron chi connectivity index (χ3n) is 17.6. The lowest BCUT2D eigenvalue weighted by Gasteiger charge is -2.18. The fourth-order valence-corrected chi connectivity index (χ4v) is 17.1. The average molecular weight is 1960 g/mol. The number of para-hydroxylation sites is 1. The molecule has 34 nitrogen and oxygen atoms in total. The van der Waals surface area contributed by atoms with Crippen LogP contribution in [-0.4, -0.2) is 118 Å². The first-order valence-electron chi connectivity index (χ1n) is 40.1. The lowest BCUT2D eigenvalue weighted by molar-refractivity contribution is 0.0947. The first kappa shape index (κ1) is 100.0. The van der Waals surface area contributed by atoms with Crippen molar-refractivity contribution in [3.05, 3.63) is 368 Å². The molecule has 0 unspecified atom stereocenters. The van der Waals surface area contributed by atoms with E-state index in [2.05, 4.69) is 82.7 Å². The number of anilines is 3. The van der Waals surface area contributed by atoms with Gasteiger partial charge in [0, 0.05) is 62.4 Å². The van der Waals surface area contributed by atoms with E-state index in [1.54, 1.807) is 135 Å². The number of carbonyl (C=O) groups excluding carboxylic acids is 5. The fraction of sp³-hybridized carbons (Fsp3) is 0.118. The summed E-state index contributed by atoms with van der Waals surface area (Å²) in [6, 6.07) is 73.5. The quantitative estimate of drug-likeness (QED) is 0.0143. The van der Waals surface area contributed by atoms with Gasteiger partial charge in [-0.1, -0.05) is 66.2 Å². The van der Waals surface area contributed by atoms with E-state index in [0.717, 1.165) is 44.6 Å². The molecule has 0 saturated heterocycles. The molecule has 0 aliphatic heterocycles. The van der Waals surface area contributed by atoms with Crippen molar-refractivity contribution in [1.29, 1.82) is 0 Å². The first-order chi connectivity index (χ1) is 63.7. The van der Waals surface area contributed by atoms with Crippen molar-refractivity contribution in [2.75, 3.05) is 33.9 Å². The second kappa shape index (κ2) is 48.4. The molecule has 688 valence electrons. The number of nitrogens with zero attached hydrogens (tertiary/aromatic N) is 6. The summed E-state index contributed by atoms with van der Waals surface area (Å²) in [5.41, 5.74) is 14.7. The Balaban J connectivity index is 0.000000173. The predicted octanol–water partition coefficient (Wildman–Crippen LogP) is 17.2. The Morgan fingerprint density at radius 1 is 0.346 bits per heavy atom. The van der Waals surface area contributed by atoms with E-state index < -0.39 is 63.7 Å². The highest BCUT2D eigenvalue weighted by atomic mass is 79.9. The number of hydrogen-bond donors (Lipinski definition) is 8. The van der Waals surface area contributed by atoms with Crippen LogP contribution < -0.4 is 50.8 Å². The molecule has 0 fully saturated rings. The minimum absolute atomic E-state index is 0.0782. The van der Waals surface area contributed by atoms with Crippen LogP contribution in [0.1, 0.15) is 130 Å². The van der Waals surface area contributed by atoms with Gasteiger partial charge >= 0.3 is 0 Å². The maximum Gasteiger partial charge on any atom is 0.271 e. The Hall–Kier alpha value is -15.2. The number of benzene rings is 8. The van der Waals surface area contributed by atoms with Gasteiger partial charge in [-0.3, -0.25) is 38.1 Å². The van der Waals surface area contributed by atoms with Crippen LogP contribution in [-0.2, 0) is 40.1 Å². The zero-order chi connectivity index (χ0) is 95.5. The average Bonchev–Trinajstić information content (AvgIpc) is 1.46. The molecule has 6 aromatic heterocycles. The van der Waals surface area contributed by atoms with Crippen LogP contribution in [0.3, 0.4) is 0 Å². The molecule has 0 spiro atoms. The molecule has 0 saturated carbocycles. The minimum atomic E-state index is -3.76. The summed E-state index contributed by atoms with van der Waals surface area (Å²) in [5.74, 6) is 6.19. The molecule has 0 aliphatic carbocycles. The Labute approximate surface area is 779 Å². The SMILES string of the molecule is CCN(CC)S(=O)(=O)c1cccc(C(=O)N/N=C/c2ccc(C)o2)c1.CCOc1ccc(S(=O)(=O)Nc2ccc(C(=O)N/N=C/c3ccc(C)o3)cc2)cc1.Cc1ccc(/C=N/NC(=O)c2ccc(NS(=O)(=O)c3ccc(Br)cc3)cc2)o1.Cc1ccc(/C=N/NC(=O)c2ccc(NS(=O)(=O)c3cccs3)cc2)o1.Cc1ccc(/C=N/NC(=O)c2cccc(Oc3ccccc3)c2)o1. The Morgan fingerprint density at radius 2 is 0.684 bits per heavy atom. The Morgan fingerprint density at radius 3 is 1.02 bits per heavy atom. The molecule has 6 heterocycles. The number of amides is 5. The molecule has 8 aromatic carbocycles. The van der Waals surface area contributed by atoms with Crippen molar-refractivity contribution in [3.63, 3.8) is 0 Å². The standard InChI is InChI=1S/C21H21N3O5S.C19H16BrN3O4S.C19H16N2O3.C17H15N3O4S2.C17H21N3O4S/c1-3-28-18-10-12-20(13-11-18)30(26,27)24-17-7-5-16(6-8-17)21(25)23-22-14-19-9-4-15(2)29-19;1-13-2-9-17(27-13)12-21-22-19(24)14-3-7-16(8-4-14)23-28(25,26)18-10-5-15(20)6-11-18;1-14-10-11-18(23-14)13-20-21-19(22)15-6-5-9-17(12-15)24-16-7-3-2-4-8-16;1-12-4-9-15(24-12)11-18-19-17(21)13-5-7-14(8-6-13)20-26(22,23)16-3-2-10-25-16;1-4-20(5-2)25(22,23)16-8-6-7-14(11-16)17(21)19-18-12-15-10-9-13(3)24-15/h4-14,24H,3H2,1-2H3,(H,23,25);2-12,23H,1H3,(H,22,24);2-13H,1H3,(H,21,22);2-11,20H,1H3,(H,19,21);6-12H,4-5H2,1-3H3,(H,19,21)/b22-14+;21-12+;20-13+;18-11+;18-12+. The van der Waals surface area contributed by atoms with Gasteiger partial charge < -0.3 is 31.6 Å². The summed E-state index contributed by atoms with van der Waals surface area (Å²) < 4.78 is 146. The highest BCUT2D eigenvalue weighted by Gasteiger charge is 2.24. The van der Waals surface area contributed by atoms with Gasteiger partial charge in [0.15, 0.2) is 0 Å². The number of hydrazone groups is 5. The molecule has 14 aromatic rings. The number of rotatable bonds is 32. The zero-order valence-corrected chi connectivity index (χ0v) is 78.0. The van der Waals surface area contributed by atoms with E-state index in [0.29, 0.717) is 105 Å². The Bertz CT molecular complexity index is 6900. The van der Waals surface area contributed by atoms with Gasteiger partial charge in [-0.25, -0.2) is 60.8 Å². The number of hydrogen-bond acceptors (Lipinski definition) is 26. The van der Waals surface area contributed by atoms with Crippen molar-refractivity contribution in [1.82, 2.24) is 31.4 Å². The smallest absolute Gasteiger partial charge is 0.271 e. The van der Waals surface area contributed by atoms with Crippen LogP contribution in [0.2, 0.25) is 0 Å². The summed E-state index contributed by atoms with van der Waals surface area (Å²) in [5, 5.41) is 20.9. The van der Waals surface area contributed by atoms with E-state index in [4.69, 9.17) is 31.6 Å². The van der Waals surface area contributed by atoms with Crippen molar-refractivity contribution in [2.24, 2.45) is 25.5 Å². The molecule has 133 heavy (non-hydrogen) atoms. The second-order valence-electron chi connectivity index (χ2n) is 27.6. The fourth-order valence-electron chi connectivity index (χ4n) is 11.2. The number of furan rings is 5. The number of halogens is 1. The van der Waals surface area contributed by atoms with Gasteiger partial charge in [0.1, 0.15) is 79.1 Å². The van der Waals surface area contributed by atoms with E-state index in [-0.39, 0.29) is 30.4 Å². The van der Waals surface area contributed by atoms with Crippen molar-refractivity contribution in [2.45, 2.75) is 74.3 Å². The third kappa shape index (κ3) is 31.6. The van der Waals surface area contributed by atoms with Gasteiger partial charge in [0.2, 0.25) is 10.0 Å². The molecule has 0 bridgehead atoms. The maximum absolute atomic E-state index is 12.5. The third-order valence-corrected chi connectivity index (χ3v) is 25.8. The van der Waals surface area contributed by atoms with E-state index in [1.807, 2.05) is 71.0 Å². The molecule has 8 N–H and O–H groups in total. The molecule has 40 heteroatoms. The van der Waals surface area contributed by atoms with Crippen molar-refractivity contribution in [3.8, 4) is 17.2 Å². The minimum Gasteiger partial charge on any atom is -0.494 e. The first-order valence-corrected chi connectivity index (χ1v) is 47.6. The van der Waals surface area contributed by atoms with Crippen LogP contribution in [0.4, 0.5) is 17.1 Å². The lowest BCUT2D eigenvalue weighted by atomic mass is 10.2. The van der Waals surface area contributed by atoms with E-state index in [9.17, 15) is 57.6 Å². The molecular weight excluding hydrogens is 1870 g/mol. The van der Waals surface area contributed by atoms with Crippen molar-refractivity contribution < 1.29 is 89.2 Å².